The molecule has 9 nitrogen and oxygen atoms in total. The summed E-state index contributed by atoms with van der Waals surface area (Å²) in [6.45, 7) is 7.89. The van der Waals surface area contributed by atoms with Crippen molar-refractivity contribution in [1.82, 2.24) is 9.13 Å². The molecule has 3 heterocycles. The Morgan fingerprint density at radius 2 is 1.84 bits per heavy atom. The lowest BCUT2D eigenvalue weighted by atomic mass is 9.94. The van der Waals surface area contributed by atoms with Crippen LogP contribution in [0.2, 0.25) is 0 Å². The number of nitrogens with zero attached hydrogens (tertiary/aromatic N) is 3. The van der Waals surface area contributed by atoms with Crippen LogP contribution in [0.3, 0.4) is 0 Å². The van der Waals surface area contributed by atoms with E-state index < -0.39 is 18.0 Å². The minimum atomic E-state index is -0.982. The number of allylic oxidation sites excluding steroid dienone is 1. The van der Waals surface area contributed by atoms with E-state index in [0.29, 0.717) is 32.8 Å². The van der Waals surface area contributed by atoms with Gasteiger partial charge in [-0.3, -0.25) is 9.36 Å². The zero-order chi connectivity index (χ0) is 30.8. The third-order valence-corrected chi connectivity index (χ3v) is 8.41. The molecule has 222 valence electrons. The van der Waals surface area contributed by atoms with Crippen LogP contribution in [0.5, 0.6) is 5.75 Å². The molecule has 1 N–H and O–H groups in total. The van der Waals surface area contributed by atoms with Crippen molar-refractivity contribution in [2.75, 3.05) is 13.7 Å². The topological polar surface area (TPSA) is 112 Å². The van der Waals surface area contributed by atoms with Gasteiger partial charge in [-0.25, -0.2) is 14.6 Å². The van der Waals surface area contributed by atoms with Gasteiger partial charge in [0.2, 0.25) is 0 Å². The predicted molar refractivity (Wildman–Crippen MR) is 165 cm³/mol. The van der Waals surface area contributed by atoms with Crippen LogP contribution < -0.4 is 19.6 Å². The molecular weight excluding hydrogens is 566 g/mol. The number of esters is 1. The fourth-order valence-electron chi connectivity index (χ4n) is 5.47. The number of aryl methyl sites for hydroxylation is 1. The summed E-state index contributed by atoms with van der Waals surface area (Å²) in [4.78, 5) is 44.2. The van der Waals surface area contributed by atoms with Crippen molar-refractivity contribution < 1.29 is 24.2 Å². The van der Waals surface area contributed by atoms with Crippen molar-refractivity contribution >= 4 is 29.4 Å². The lowest BCUT2D eigenvalue weighted by Gasteiger charge is -2.26. The Morgan fingerprint density at radius 3 is 2.49 bits per heavy atom. The summed E-state index contributed by atoms with van der Waals surface area (Å²) in [7, 11) is 1.58. The van der Waals surface area contributed by atoms with Crippen LogP contribution >= 0.6 is 11.3 Å². The van der Waals surface area contributed by atoms with Crippen molar-refractivity contribution in [3.05, 3.63) is 114 Å². The summed E-state index contributed by atoms with van der Waals surface area (Å²) in [6, 6.07) is 15.3. The Morgan fingerprint density at radius 1 is 1.09 bits per heavy atom. The van der Waals surface area contributed by atoms with Gasteiger partial charge in [0, 0.05) is 17.1 Å². The number of benzene rings is 2. The molecule has 0 spiro atoms. The number of rotatable bonds is 9. The number of thiazole rings is 1. The molecule has 2 aromatic carbocycles. The number of ether oxygens (including phenoxy) is 2. The van der Waals surface area contributed by atoms with Crippen molar-refractivity contribution in [3.63, 3.8) is 0 Å². The summed E-state index contributed by atoms with van der Waals surface area (Å²) >= 11 is 1.28. The smallest absolute Gasteiger partial charge is 0.338 e. The molecule has 2 aromatic heterocycles. The number of hydrogen-bond donors (Lipinski definition) is 1. The Labute approximate surface area is 252 Å². The van der Waals surface area contributed by atoms with Crippen molar-refractivity contribution in [2.24, 2.45) is 4.99 Å². The van der Waals surface area contributed by atoms with E-state index in [4.69, 9.17) is 14.5 Å². The minimum Gasteiger partial charge on any atom is -0.497 e. The average molecular weight is 600 g/mol. The molecule has 0 saturated carbocycles. The van der Waals surface area contributed by atoms with Gasteiger partial charge < -0.3 is 19.1 Å². The molecule has 0 radical (unpaired) electrons. The number of aromatic nitrogens is 2. The second-order valence-corrected chi connectivity index (χ2v) is 11.2. The van der Waals surface area contributed by atoms with E-state index in [2.05, 4.69) is 0 Å². The normalized spacial score (nSPS) is 14.8. The molecule has 0 unspecified atom stereocenters. The first-order valence-corrected chi connectivity index (χ1v) is 14.9. The van der Waals surface area contributed by atoms with Crippen LogP contribution in [0, 0.1) is 13.8 Å². The molecule has 4 aromatic rings. The van der Waals surface area contributed by atoms with Crippen molar-refractivity contribution in [3.8, 4) is 11.4 Å². The summed E-state index contributed by atoms with van der Waals surface area (Å²) in [5, 5.41) is 9.27. The quantitative estimate of drug-likeness (QED) is 0.280. The number of carboxylic acids is 1. The fourth-order valence-corrected chi connectivity index (χ4v) is 6.48. The lowest BCUT2D eigenvalue weighted by molar-refractivity contribution is -0.139. The van der Waals surface area contributed by atoms with Crippen LogP contribution in [0.15, 0.2) is 75.7 Å². The van der Waals surface area contributed by atoms with E-state index in [1.807, 2.05) is 61.7 Å². The standard InChI is InChI=1S/C33H33N3O6S/c1-6-9-26-28(32(40)42-7-2)29(22-10-8-11-25(17-22)41-5)36-30(37)27(43-33(36)34-26)18-23-16-19(3)35(20(23)4)24-14-12-21(13-15-24)31(38)39/h8,10-18,29H,6-7,9H2,1-5H3,(H,38,39)/b27-18-/t29-/m0/s1. The predicted octanol–water partition coefficient (Wildman–Crippen LogP) is 4.69. The molecular formula is C33H33N3O6S. The van der Waals surface area contributed by atoms with Gasteiger partial charge in [-0.2, -0.15) is 0 Å². The lowest BCUT2D eigenvalue weighted by Crippen LogP contribution is -2.40. The number of aromatic carboxylic acids is 1. The van der Waals surface area contributed by atoms with Gasteiger partial charge in [0.05, 0.1) is 41.1 Å². The third kappa shape index (κ3) is 5.58. The highest BCUT2D eigenvalue weighted by atomic mass is 32.1. The summed E-state index contributed by atoms with van der Waals surface area (Å²) in [5.74, 6) is -0.862. The molecule has 0 saturated heterocycles. The van der Waals surface area contributed by atoms with E-state index in [9.17, 15) is 19.5 Å². The minimum absolute atomic E-state index is 0.200. The SMILES string of the molecule is CCCC1=C(C(=O)OCC)[C@H](c2cccc(OC)c2)n2c(s/c(=C\c3cc(C)n(-c4ccc(C(=O)O)cc4)c3C)c2=O)=N1. The first kappa shape index (κ1) is 29.8. The number of methoxy groups -OCH3 is 1. The van der Waals surface area contributed by atoms with E-state index in [1.165, 1.54) is 11.3 Å². The molecule has 0 bridgehead atoms. The molecule has 0 amide bonds. The molecule has 10 heteroatoms. The van der Waals surface area contributed by atoms with E-state index in [0.717, 1.165) is 34.6 Å². The number of hydrogen-bond acceptors (Lipinski definition) is 7. The van der Waals surface area contributed by atoms with Crippen LogP contribution in [0.4, 0.5) is 0 Å². The molecule has 1 atom stereocenters. The number of fused-ring (bicyclic) bond motifs is 1. The summed E-state index contributed by atoms with van der Waals surface area (Å²) in [5.41, 5.74) is 5.15. The molecule has 0 fully saturated rings. The Hall–Kier alpha value is -4.70. The largest absolute Gasteiger partial charge is 0.497 e. The van der Waals surface area contributed by atoms with Gasteiger partial charge in [0.1, 0.15) is 5.75 Å². The van der Waals surface area contributed by atoms with Gasteiger partial charge in [-0.1, -0.05) is 36.8 Å². The molecule has 43 heavy (non-hydrogen) atoms. The number of carboxylic acid groups (broad SMARTS) is 1. The van der Waals surface area contributed by atoms with E-state index in [1.54, 1.807) is 42.9 Å². The maximum atomic E-state index is 14.1. The first-order valence-electron chi connectivity index (χ1n) is 14.1. The van der Waals surface area contributed by atoms with Crippen LogP contribution in [0.1, 0.15) is 65.6 Å². The first-order chi connectivity index (χ1) is 20.7. The maximum absolute atomic E-state index is 14.1. The highest BCUT2D eigenvalue weighted by molar-refractivity contribution is 7.07. The second-order valence-electron chi connectivity index (χ2n) is 10.2. The highest BCUT2D eigenvalue weighted by Crippen LogP contribution is 2.34. The van der Waals surface area contributed by atoms with Gasteiger partial charge in [-0.15, -0.1) is 0 Å². The van der Waals surface area contributed by atoms with Crippen LogP contribution in [0.25, 0.3) is 11.8 Å². The van der Waals surface area contributed by atoms with Gasteiger partial charge in [0.15, 0.2) is 4.80 Å². The fraction of sp³-hybridized carbons (Fsp3) is 0.273. The van der Waals surface area contributed by atoms with Crippen molar-refractivity contribution in [2.45, 2.75) is 46.6 Å². The molecule has 0 aliphatic carbocycles. The Balaban J connectivity index is 1.70. The monoisotopic (exact) mass is 599 g/mol. The maximum Gasteiger partial charge on any atom is 0.338 e. The van der Waals surface area contributed by atoms with E-state index >= 15 is 0 Å². The highest BCUT2D eigenvalue weighted by Gasteiger charge is 2.34. The number of carbonyl (C=O) groups excluding carboxylic acids is 1. The second kappa shape index (κ2) is 12.3. The van der Waals surface area contributed by atoms with Crippen LogP contribution in [-0.2, 0) is 9.53 Å². The van der Waals surface area contributed by atoms with Gasteiger partial charge in [-0.05, 0) is 86.9 Å². The van der Waals surface area contributed by atoms with Crippen LogP contribution in [-0.4, -0.2) is 39.9 Å². The molecule has 5 rings (SSSR count). The number of carbonyl (C=O) groups is 2. The zero-order valence-electron chi connectivity index (χ0n) is 24.7. The van der Waals surface area contributed by atoms with Gasteiger partial charge in [0.25, 0.3) is 5.56 Å². The third-order valence-electron chi connectivity index (χ3n) is 7.43. The van der Waals surface area contributed by atoms with E-state index in [-0.39, 0.29) is 17.7 Å². The summed E-state index contributed by atoms with van der Waals surface area (Å²) in [6.07, 6.45) is 3.17. The Kier molecular flexibility index (Phi) is 8.50. The van der Waals surface area contributed by atoms with Crippen molar-refractivity contribution in [1.29, 1.82) is 0 Å². The summed E-state index contributed by atoms with van der Waals surface area (Å²) < 4.78 is 15.0. The molecule has 1 aliphatic rings. The molecule has 1 aliphatic heterocycles. The average Bonchev–Trinajstić information content (AvgIpc) is 3.46. The zero-order valence-corrected chi connectivity index (χ0v) is 25.5. The Bertz CT molecular complexity index is 1930. The van der Waals surface area contributed by atoms with Gasteiger partial charge >= 0.3 is 11.9 Å².